The number of nitrogens with zero attached hydrogens (tertiary/aromatic N) is 2. The molecule has 0 bridgehead atoms. The molecule has 0 spiro atoms. The summed E-state index contributed by atoms with van der Waals surface area (Å²) in [5.74, 6) is 1.13. The number of rotatable bonds is 3. The Labute approximate surface area is 90.1 Å². The Bertz CT molecular complexity index is 326. The third-order valence-electron chi connectivity index (χ3n) is 3.10. The highest BCUT2D eigenvalue weighted by Gasteiger charge is 2.22. The predicted molar refractivity (Wildman–Crippen MR) is 59.1 cm³/mol. The number of aromatic nitrogens is 1. The van der Waals surface area contributed by atoms with E-state index in [-0.39, 0.29) is 0 Å². The molecule has 0 aromatic carbocycles. The molecule has 2 aliphatic rings. The number of epoxide rings is 1. The van der Waals surface area contributed by atoms with Crippen molar-refractivity contribution in [3.63, 3.8) is 0 Å². The molecule has 2 fully saturated rings. The summed E-state index contributed by atoms with van der Waals surface area (Å²) < 4.78 is 5.20. The highest BCUT2D eigenvalue weighted by Crippen LogP contribution is 2.20. The summed E-state index contributed by atoms with van der Waals surface area (Å²) in [6.45, 7) is 3.25. The van der Waals surface area contributed by atoms with Crippen LogP contribution in [0.4, 0.5) is 5.82 Å². The number of hydrogen-bond donors (Lipinski definition) is 0. The molecule has 3 rings (SSSR count). The van der Waals surface area contributed by atoms with E-state index in [0.29, 0.717) is 6.10 Å². The summed E-state index contributed by atoms with van der Waals surface area (Å²) in [5.41, 5.74) is 1.29. The molecular formula is C12H16N2O. The van der Waals surface area contributed by atoms with Crippen LogP contribution in [-0.4, -0.2) is 30.8 Å². The van der Waals surface area contributed by atoms with Crippen molar-refractivity contribution in [1.82, 2.24) is 4.98 Å². The summed E-state index contributed by atoms with van der Waals surface area (Å²) in [7, 11) is 0. The van der Waals surface area contributed by atoms with Gasteiger partial charge < -0.3 is 9.64 Å². The van der Waals surface area contributed by atoms with E-state index in [1.54, 1.807) is 0 Å². The third-order valence-corrected chi connectivity index (χ3v) is 3.10. The molecule has 0 radical (unpaired) electrons. The fourth-order valence-electron chi connectivity index (χ4n) is 2.12. The average molecular weight is 204 g/mol. The van der Waals surface area contributed by atoms with Gasteiger partial charge in [-0.05, 0) is 24.5 Å². The van der Waals surface area contributed by atoms with Crippen LogP contribution in [-0.2, 0) is 11.2 Å². The topological polar surface area (TPSA) is 28.7 Å². The van der Waals surface area contributed by atoms with Gasteiger partial charge in [0.1, 0.15) is 5.82 Å². The van der Waals surface area contributed by atoms with Gasteiger partial charge in [-0.25, -0.2) is 4.98 Å². The molecule has 0 amide bonds. The lowest BCUT2D eigenvalue weighted by Gasteiger charge is -2.16. The Morgan fingerprint density at radius 3 is 2.73 bits per heavy atom. The van der Waals surface area contributed by atoms with Gasteiger partial charge in [-0.15, -0.1) is 0 Å². The molecule has 15 heavy (non-hydrogen) atoms. The van der Waals surface area contributed by atoms with Gasteiger partial charge in [0.2, 0.25) is 0 Å². The van der Waals surface area contributed by atoms with Crippen molar-refractivity contribution in [2.45, 2.75) is 25.4 Å². The van der Waals surface area contributed by atoms with Crippen molar-refractivity contribution in [2.24, 2.45) is 0 Å². The van der Waals surface area contributed by atoms with Gasteiger partial charge in [0, 0.05) is 25.7 Å². The van der Waals surface area contributed by atoms with Crippen LogP contribution in [0.3, 0.4) is 0 Å². The first kappa shape index (κ1) is 9.16. The maximum absolute atomic E-state index is 5.20. The molecule has 2 aliphatic heterocycles. The number of hydrogen-bond acceptors (Lipinski definition) is 3. The number of anilines is 1. The highest BCUT2D eigenvalue weighted by molar-refractivity contribution is 5.40. The van der Waals surface area contributed by atoms with Crippen molar-refractivity contribution in [1.29, 1.82) is 0 Å². The van der Waals surface area contributed by atoms with Crippen LogP contribution in [0.1, 0.15) is 18.4 Å². The number of ether oxygens (including phenoxy) is 1. The van der Waals surface area contributed by atoms with Crippen LogP contribution < -0.4 is 4.90 Å². The quantitative estimate of drug-likeness (QED) is 0.700. The third kappa shape index (κ3) is 2.12. The number of pyridine rings is 1. The maximum atomic E-state index is 5.20. The molecule has 3 heteroatoms. The van der Waals surface area contributed by atoms with Gasteiger partial charge in [-0.2, -0.15) is 0 Å². The standard InChI is InChI=1S/C12H16N2O/c1-2-6-14(5-1)12-4-3-10(8-13-12)7-11-9-15-11/h3-4,8,11H,1-2,5-7,9H2. The van der Waals surface area contributed by atoms with E-state index in [0.717, 1.165) is 31.9 Å². The predicted octanol–water partition coefficient (Wildman–Crippen LogP) is 1.62. The van der Waals surface area contributed by atoms with Gasteiger partial charge in [0.05, 0.1) is 12.7 Å². The smallest absolute Gasteiger partial charge is 0.128 e. The lowest BCUT2D eigenvalue weighted by atomic mass is 10.2. The Morgan fingerprint density at radius 2 is 2.13 bits per heavy atom. The molecule has 0 aliphatic carbocycles. The lowest BCUT2D eigenvalue weighted by Crippen LogP contribution is -2.18. The molecule has 3 nitrogen and oxygen atoms in total. The van der Waals surface area contributed by atoms with Crippen molar-refractivity contribution in [3.8, 4) is 0 Å². The van der Waals surface area contributed by atoms with Crippen molar-refractivity contribution in [2.75, 3.05) is 24.6 Å². The SMILES string of the molecule is c1cc(N2CCCC2)ncc1CC1CO1. The van der Waals surface area contributed by atoms with Crippen molar-refractivity contribution >= 4 is 5.82 Å². The molecule has 1 atom stereocenters. The van der Waals surface area contributed by atoms with Crippen LogP contribution in [0.5, 0.6) is 0 Å². The summed E-state index contributed by atoms with van der Waals surface area (Å²) in [6.07, 6.45) is 6.09. The van der Waals surface area contributed by atoms with Gasteiger partial charge in [-0.3, -0.25) is 0 Å². The highest BCUT2D eigenvalue weighted by atomic mass is 16.6. The Morgan fingerprint density at radius 1 is 1.33 bits per heavy atom. The molecule has 1 aromatic rings. The summed E-state index contributed by atoms with van der Waals surface area (Å²) in [6, 6.07) is 4.32. The van der Waals surface area contributed by atoms with Gasteiger partial charge >= 0.3 is 0 Å². The van der Waals surface area contributed by atoms with Gasteiger partial charge in [0.15, 0.2) is 0 Å². The van der Waals surface area contributed by atoms with Gasteiger partial charge in [0.25, 0.3) is 0 Å². The summed E-state index contributed by atoms with van der Waals surface area (Å²) in [4.78, 5) is 6.87. The van der Waals surface area contributed by atoms with Crippen LogP contribution in [0, 0.1) is 0 Å². The second kappa shape index (κ2) is 3.81. The minimum atomic E-state index is 0.462. The molecule has 0 N–H and O–H groups in total. The Kier molecular flexibility index (Phi) is 2.33. The van der Waals surface area contributed by atoms with Crippen LogP contribution in [0.2, 0.25) is 0 Å². The van der Waals surface area contributed by atoms with Crippen LogP contribution in [0.15, 0.2) is 18.3 Å². The normalized spacial score (nSPS) is 24.5. The van der Waals surface area contributed by atoms with E-state index in [4.69, 9.17) is 4.74 Å². The molecular weight excluding hydrogens is 188 g/mol. The average Bonchev–Trinajstić information content (AvgIpc) is 2.92. The van der Waals surface area contributed by atoms with E-state index in [1.165, 1.54) is 18.4 Å². The fraction of sp³-hybridized carbons (Fsp3) is 0.583. The molecule has 80 valence electrons. The van der Waals surface area contributed by atoms with Gasteiger partial charge in [-0.1, -0.05) is 6.07 Å². The first-order valence-electron chi connectivity index (χ1n) is 5.73. The van der Waals surface area contributed by atoms with E-state index in [9.17, 15) is 0 Å². The van der Waals surface area contributed by atoms with Crippen LogP contribution in [0.25, 0.3) is 0 Å². The molecule has 3 heterocycles. The Balaban J connectivity index is 1.68. The maximum Gasteiger partial charge on any atom is 0.128 e. The molecule has 2 saturated heterocycles. The van der Waals surface area contributed by atoms with Crippen molar-refractivity contribution in [3.05, 3.63) is 23.9 Å². The summed E-state index contributed by atoms with van der Waals surface area (Å²) in [5, 5.41) is 0. The first-order chi connectivity index (χ1) is 7.42. The van der Waals surface area contributed by atoms with Crippen molar-refractivity contribution < 1.29 is 4.74 Å². The zero-order valence-corrected chi connectivity index (χ0v) is 8.85. The zero-order valence-electron chi connectivity index (χ0n) is 8.85. The molecule has 1 aromatic heterocycles. The zero-order chi connectivity index (χ0) is 10.1. The molecule has 1 unspecified atom stereocenters. The Hall–Kier alpha value is -1.09. The van der Waals surface area contributed by atoms with E-state index in [1.807, 2.05) is 6.20 Å². The van der Waals surface area contributed by atoms with E-state index < -0.39 is 0 Å². The lowest BCUT2D eigenvalue weighted by molar-refractivity contribution is 0.407. The van der Waals surface area contributed by atoms with Crippen LogP contribution >= 0.6 is 0 Å². The molecule has 0 saturated carbocycles. The van der Waals surface area contributed by atoms with E-state index in [2.05, 4.69) is 22.0 Å². The second-order valence-electron chi connectivity index (χ2n) is 4.38. The first-order valence-corrected chi connectivity index (χ1v) is 5.73. The van der Waals surface area contributed by atoms with E-state index >= 15 is 0 Å². The minimum Gasteiger partial charge on any atom is -0.373 e. The summed E-state index contributed by atoms with van der Waals surface area (Å²) >= 11 is 0. The minimum absolute atomic E-state index is 0.462. The fourth-order valence-corrected chi connectivity index (χ4v) is 2.12. The monoisotopic (exact) mass is 204 g/mol. The second-order valence-corrected chi connectivity index (χ2v) is 4.38. The largest absolute Gasteiger partial charge is 0.373 e.